The van der Waals surface area contributed by atoms with Crippen molar-refractivity contribution in [3.05, 3.63) is 66.4 Å². The van der Waals surface area contributed by atoms with E-state index in [-0.39, 0.29) is 19.1 Å². The molecule has 0 aliphatic carbocycles. The molecule has 0 spiro atoms. The monoisotopic (exact) mass is 322 g/mol. The Hall–Kier alpha value is -3.08. The second kappa shape index (κ2) is 7.00. The van der Waals surface area contributed by atoms with Crippen molar-refractivity contribution in [1.29, 1.82) is 0 Å². The highest BCUT2D eigenvalue weighted by atomic mass is 16.5. The van der Waals surface area contributed by atoms with Gasteiger partial charge in [0.15, 0.2) is 6.61 Å². The van der Waals surface area contributed by atoms with Crippen molar-refractivity contribution in [2.45, 2.75) is 13.5 Å². The molecule has 3 rings (SSSR count). The first-order valence-corrected chi connectivity index (χ1v) is 7.69. The minimum Gasteiger partial charge on any atom is -0.454 e. The van der Waals surface area contributed by atoms with Gasteiger partial charge in [0.1, 0.15) is 6.54 Å². The topological polar surface area (TPSA) is 60.3 Å². The van der Waals surface area contributed by atoms with Crippen molar-refractivity contribution in [3.63, 3.8) is 0 Å². The molecule has 0 saturated heterocycles. The van der Waals surface area contributed by atoms with E-state index in [2.05, 4.69) is 5.32 Å². The van der Waals surface area contributed by atoms with Crippen molar-refractivity contribution in [2.75, 3.05) is 11.9 Å². The Labute approximate surface area is 139 Å². The predicted octanol–water partition coefficient (Wildman–Crippen LogP) is 3.13. The molecule has 5 heteroatoms. The largest absolute Gasteiger partial charge is 0.454 e. The van der Waals surface area contributed by atoms with Crippen LogP contribution in [0.25, 0.3) is 10.9 Å². The number of hydrogen-bond acceptors (Lipinski definition) is 3. The summed E-state index contributed by atoms with van der Waals surface area (Å²) >= 11 is 0. The van der Waals surface area contributed by atoms with E-state index < -0.39 is 5.97 Å². The van der Waals surface area contributed by atoms with Gasteiger partial charge in [-0.25, -0.2) is 0 Å². The minimum atomic E-state index is -0.442. The van der Waals surface area contributed by atoms with Crippen LogP contribution in [0.5, 0.6) is 0 Å². The normalized spacial score (nSPS) is 10.5. The number of benzene rings is 2. The number of aryl methyl sites for hydroxylation is 1. The average Bonchev–Trinajstić information content (AvgIpc) is 2.90. The molecule has 24 heavy (non-hydrogen) atoms. The van der Waals surface area contributed by atoms with Gasteiger partial charge in [-0.2, -0.15) is 0 Å². The fourth-order valence-corrected chi connectivity index (χ4v) is 2.60. The third-order valence-electron chi connectivity index (χ3n) is 3.73. The Kier molecular flexibility index (Phi) is 4.61. The van der Waals surface area contributed by atoms with Crippen molar-refractivity contribution < 1.29 is 14.3 Å². The van der Waals surface area contributed by atoms with Gasteiger partial charge in [0.05, 0.1) is 0 Å². The first-order chi connectivity index (χ1) is 11.6. The van der Waals surface area contributed by atoms with E-state index in [1.165, 1.54) is 0 Å². The van der Waals surface area contributed by atoms with E-state index in [1.54, 1.807) is 12.1 Å². The number of carbonyl (C=O) groups excluding carboxylic acids is 2. The molecule has 5 nitrogen and oxygen atoms in total. The lowest BCUT2D eigenvalue weighted by Gasteiger charge is -2.09. The van der Waals surface area contributed by atoms with Crippen LogP contribution in [0.15, 0.2) is 60.7 Å². The van der Waals surface area contributed by atoms with Gasteiger partial charge in [-0.15, -0.1) is 0 Å². The number of aromatic nitrogens is 1. The molecule has 0 aliphatic rings. The third kappa shape index (κ3) is 3.63. The number of ether oxygens (including phenoxy) is 1. The molecule has 0 unspecified atom stereocenters. The number of nitrogens with one attached hydrogen (secondary N) is 1. The lowest BCUT2D eigenvalue weighted by atomic mass is 10.2. The van der Waals surface area contributed by atoms with E-state index in [1.807, 2.05) is 60.0 Å². The van der Waals surface area contributed by atoms with Gasteiger partial charge in [-0.3, -0.25) is 9.59 Å². The molecule has 1 N–H and O–H groups in total. The Bertz CT molecular complexity index is 869. The fourth-order valence-electron chi connectivity index (χ4n) is 2.60. The summed E-state index contributed by atoms with van der Waals surface area (Å²) in [7, 11) is 0. The van der Waals surface area contributed by atoms with Crippen LogP contribution < -0.4 is 5.32 Å². The quantitative estimate of drug-likeness (QED) is 0.734. The first kappa shape index (κ1) is 15.8. The zero-order chi connectivity index (χ0) is 16.9. The summed E-state index contributed by atoms with van der Waals surface area (Å²) in [6.45, 7) is 1.72. The lowest BCUT2D eigenvalue weighted by molar-refractivity contribution is -0.147. The van der Waals surface area contributed by atoms with Crippen molar-refractivity contribution in [2.24, 2.45) is 0 Å². The molecular weight excluding hydrogens is 304 g/mol. The van der Waals surface area contributed by atoms with Crippen molar-refractivity contribution in [1.82, 2.24) is 4.57 Å². The number of anilines is 1. The third-order valence-corrected chi connectivity index (χ3v) is 3.73. The smallest absolute Gasteiger partial charge is 0.326 e. The highest BCUT2D eigenvalue weighted by molar-refractivity contribution is 5.92. The summed E-state index contributed by atoms with van der Waals surface area (Å²) in [5, 5.41) is 3.75. The molecule has 1 aromatic heterocycles. The summed E-state index contributed by atoms with van der Waals surface area (Å²) in [5.74, 6) is -0.800. The molecule has 122 valence electrons. The molecule has 0 radical (unpaired) electrons. The molecule has 0 atom stereocenters. The van der Waals surface area contributed by atoms with E-state index in [4.69, 9.17) is 4.74 Å². The summed E-state index contributed by atoms with van der Waals surface area (Å²) in [4.78, 5) is 23.8. The van der Waals surface area contributed by atoms with Gasteiger partial charge in [-0.05, 0) is 36.6 Å². The second-order valence-corrected chi connectivity index (χ2v) is 5.51. The van der Waals surface area contributed by atoms with Crippen LogP contribution in [0.3, 0.4) is 0 Å². The summed E-state index contributed by atoms with van der Waals surface area (Å²) in [6, 6.07) is 18.9. The van der Waals surface area contributed by atoms with Gasteiger partial charge in [0.25, 0.3) is 5.91 Å². The molecule has 0 fully saturated rings. The fraction of sp³-hybridized carbons (Fsp3) is 0.158. The number of fused-ring (bicyclic) bond motifs is 1. The van der Waals surface area contributed by atoms with Gasteiger partial charge in [0, 0.05) is 16.9 Å². The zero-order valence-corrected chi connectivity index (χ0v) is 13.4. The maximum absolute atomic E-state index is 12.0. The Balaban J connectivity index is 1.57. The maximum Gasteiger partial charge on any atom is 0.326 e. The number of esters is 1. The first-order valence-electron chi connectivity index (χ1n) is 7.69. The van der Waals surface area contributed by atoms with Crippen molar-refractivity contribution >= 4 is 28.5 Å². The van der Waals surface area contributed by atoms with Gasteiger partial charge in [0.2, 0.25) is 0 Å². The Morgan fingerprint density at radius 2 is 1.75 bits per heavy atom. The van der Waals surface area contributed by atoms with Gasteiger partial charge < -0.3 is 14.6 Å². The Morgan fingerprint density at radius 3 is 2.54 bits per heavy atom. The standard InChI is InChI=1S/C19H18N2O3/c1-14-11-15-7-5-6-10-17(15)21(14)12-19(23)24-13-18(22)20-16-8-3-2-4-9-16/h2-11H,12-13H2,1H3,(H,20,22). The maximum atomic E-state index is 12.0. The number of carbonyl (C=O) groups is 2. The van der Waals surface area contributed by atoms with Crippen LogP contribution in [-0.2, 0) is 20.9 Å². The van der Waals surface area contributed by atoms with Gasteiger partial charge >= 0.3 is 5.97 Å². The minimum absolute atomic E-state index is 0.0813. The number of nitrogens with zero attached hydrogens (tertiary/aromatic N) is 1. The number of rotatable bonds is 5. The molecule has 3 aromatic rings. The molecule has 0 bridgehead atoms. The number of amides is 1. The van der Waals surface area contributed by atoms with Crippen LogP contribution in [0, 0.1) is 6.92 Å². The molecule has 1 heterocycles. The number of hydrogen-bond donors (Lipinski definition) is 1. The van der Waals surface area contributed by atoms with Crippen LogP contribution in [-0.4, -0.2) is 23.1 Å². The van der Waals surface area contributed by atoms with Crippen LogP contribution >= 0.6 is 0 Å². The average molecular weight is 322 g/mol. The molecular formula is C19H18N2O3. The van der Waals surface area contributed by atoms with Crippen LogP contribution in [0.1, 0.15) is 5.69 Å². The van der Waals surface area contributed by atoms with E-state index in [0.29, 0.717) is 5.69 Å². The summed E-state index contributed by atoms with van der Waals surface area (Å²) in [6.07, 6.45) is 0. The highest BCUT2D eigenvalue weighted by Crippen LogP contribution is 2.19. The summed E-state index contributed by atoms with van der Waals surface area (Å²) in [5.41, 5.74) is 2.62. The van der Waals surface area contributed by atoms with E-state index >= 15 is 0 Å². The molecule has 2 aromatic carbocycles. The zero-order valence-electron chi connectivity index (χ0n) is 13.4. The number of para-hydroxylation sites is 2. The molecule has 0 saturated carbocycles. The molecule has 0 aliphatic heterocycles. The van der Waals surface area contributed by atoms with Crippen molar-refractivity contribution in [3.8, 4) is 0 Å². The van der Waals surface area contributed by atoms with Crippen LogP contribution in [0.4, 0.5) is 5.69 Å². The Morgan fingerprint density at radius 1 is 1.04 bits per heavy atom. The van der Waals surface area contributed by atoms with E-state index in [0.717, 1.165) is 16.6 Å². The second-order valence-electron chi connectivity index (χ2n) is 5.51. The SMILES string of the molecule is Cc1cc2ccccc2n1CC(=O)OCC(=O)Nc1ccccc1. The van der Waals surface area contributed by atoms with Gasteiger partial charge in [-0.1, -0.05) is 36.4 Å². The van der Waals surface area contributed by atoms with Crippen LogP contribution in [0.2, 0.25) is 0 Å². The highest BCUT2D eigenvalue weighted by Gasteiger charge is 2.12. The lowest BCUT2D eigenvalue weighted by Crippen LogP contribution is -2.23. The molecule has 1 amide bonds. The predicted molar refractivity (Wildman–Crippen MR) is 92.7 cm³/mol. The van der Waals surface area contributed by atoms with E-state index in [9.17, 15) is 9.59 Å². The summed E-state index contributed by atoms with van der Waals surface area (Å²) < 4.78 is 6.96.